The Kier molecular flexibility index (Phi) is 5.90. The molecule has 0 saturated carbocycles. The minimum atomic E-state index is -0.0107. The highest BCUT2D eigenvalue weighted by atomic mass is 35.5. The van der Waals surface area contributed by atoms with Crippen LogP contribution in [0.5, 0.6) is 0 Å². The summed E-state index contributed by atoms with van der Waals surface area (Å²) in [5.41, 5.74) is 2.05. The number of nitrogens with one attached hydrogen (secondary N) is 1. The molecule has 3 rings (SSSR count). The number of H-pyrrole nitrogens is 1. The molecule has 5 nitrogen and oxygen atoms in total. The highest BCUT2D eigenvalue weighted by Crippen LogP contribution is 2.23. The van der Waals surface area contributed by atoms with Gasteiger partial charge in [-0.05, 0) is 44.3 Å². The van der Waals surface area contributed by atoms with Gasteiger partial charge in [-0.3, -0.25) is 14.5 Å². The number of amides is 1. The molecular weight excluding hydrogens is 388 g/mol. The molecule has 136 valence electrons. The lowest BCUT2D eigenvalue weighted by molar-refractivity contribution is -0.132. The fraction of sp³-hybridized carbons (Fsp3) is 0.278. The van der Waals surface area contributed by atoms with Crippen LogP contribution in [0.25, 0.3) is 11.4 Å². The minimum absolute atomic E-state index is 0.0107. The molecule has 1 aromatic carbocycles. The largest absolute Gasteiger partial charge is 0.336 e. The number of benzene rings is 1. The lowest BCUT2D eigenvalue weighted by atomic mass is 10.1. The molecule has 8 heteroatoms. The molecule has 1 amide bonds. The van der Waals surface area contributed by atoms with Gasteiger partial charge in [-0.2, -0.15) is 5.10 Å². The summed E-state index contributed by atoms with van der Waals surface area (Å²) < 4.78 is 2.91. The Balaban J connectivity index is 1.82. The fourth-order valence-electron chi connectivity index (χ4n) is 2.71. The van der Waals surface area contributed by atoms with E-state index in [1.807, 2.05) is 50.2 Å². The number of aromatic amines is 1. The lowest BCUT2D eigenvalue weighted by Crippen LogP contribution is -2.33. The minimum Gasteiger partial charge on any atom is -0.336 e. The van der Waals surface area contributed by atoms with Crippen molar-refractivity contribution in [2.24, 2.45) is 0 Å². The van der Waals surface area contributed by atoms with Crippen molar-refractivity contribution in [2.75, 3.05) is 6.54 Å². The predicted octanol–water partition coefficient (Wildman–Crippen LogP) is 4.68. The number of halogens is 1. The van der Waals surface area contributed by atoms with E-state index in [-0.39, 0.29) is 12.5 Å². The normalized spacial score (nSPS) is 10.9. The van der Waals surface area contributed by atoms with Crippen molar-refractivity contribution in [1.82, 2.24) is 19.7 Å². The monoisotopic (exact) mass is 406 g/mol. The van der Waals surface area contributed by atoms with E-state index < -0.39 is 0 Å². The van der Waals surface area contributed by atoms with Gasteiger partial charge in [0.05, 0.1) is 10.9 Å². The van der Waals surface area contributed by atoms with Crippen LogP contribution in [0, 0.1) is 11.7 Å². The standard InChI is InChI=1S/C18H19ClN4OS2/c1-3-22(10-14-7-8-15(19)26-14)16(24)11-23-17(20-21-18(23)25)13-6-4-5-12(2)9-13/h4-9H,3,10-11H2,1-2H3,(H,21,25). The Labute approximate surface area is 166 Å². The van der Waals surface area contributed by atoms with Crippen LogP contribution in [0.15, 0.2) is 36.4 Å². The van der Waals surface area contributed by atoms with E-state index in [9.17, 15) is 4.79 Å². The number of carbonyl (C=O) groups excluding carboxylic acids is 1. The Morgan fingerprint density at radius 3 is 2.85 bits per heavy atom. The molecule has 0 saturated heterocycles. The molecular formula is C18H19ClN4OS2. The Morgan fingerprint density at radius 2 is 2.19 bits per heavy atom. The topological polar surface area (TPSA) is 53.9 Å². The summed E-state index contributed by atoms with van der Waals surface area (Å²) in [6.45, 7) is 5.27. The van der Waals surface area contributed by atoms with Gasteiger partial charge in [-0.1, -0.05) is 35.4 Å². The molecule has 0 aliphatic rings. The van der Waals surface area contributed by atoms with E-state index in [2.05, 4.69) is 10.2 Å². The van der Waals surface area contributed by atoms with Crippen molar-refractivity contribution in [3.63, 3.8) is 0 Å². The van der Waals surface area contributed by atoms with E-state index in [0.29, 0.717) is 23.7 Å². The summed E-state index contributed by atoms with van der Waals surface area (Å²) >= 11 is 12.8. The Bertz CT molecular complexity index is 975. The Hall–Kier alpha value is -1.96. The van der Waals surface area contributed by atoms with Gasteiger partial charge < -0.3 is 4.90 Å². The summed E-state index contributed by atoms with van der Waals surface area (Å²) in [6.07, 6.45) is 0. The third-order valence-corrected chi connectivity index (χ3v) is 5.57. The maximum Gasteiger partial charge on any atom is 0.242 e. The van der Waals surface area contributed by atoms with Gasteiger partial charge in [-0.15, -0.1) is 11.3 Å². The van der Waals surface area contributed by atoms with Crippen molar-refractivity contribution < 1.29 is 4.79 Å². The van der Waals surface area contributed by atoms with Crippen LogP contribution < -0.4 is 0 Å². The van der Waals surface area contributed by atoms with Gasteiger partial charge in [-0.25, -0.2) is 0 Å². The van der Waals surface area contributed by atoms with Crippen LogP contribution in [0.4, 0.5) is 0 Å². The van der Waals surface area contributed by atoms with Gasteiger partial charge in [0.2, 0.25) is 5.91 Å². The number of thiophene rings is 1. The zero-order valence-electron chi connectivity index (χ0n) is 14.5. The van der Waals surface area contributed by atoms with Crippen molar-refractivity contribution in [3.05, 3.63) is 55.9 Å². The zero-order chi connectivity index (χ0) is 18.7. The van der Waals surface area contributed by atoms with Crippen molar-refractivity contribution in [2.45, 2.75) is 26.9 Å². The van der Waals surface area contributed by atoms with Gasteiger partial charge in [0.25, 0.3) is 0 Å². The summed E-state index contributed by atoms with van der Waals surface area (Å²) in [5.74, 6) is 0.658. The van der Waals surface area contributed by atoms with Crippen LogP contribution in [0.2, 0.25) is 4.34 Å². The summed E-state index contributed by atoms with van der Waals surface area (Å²) in [7, 11) is 0. The summed E-state index contributed by atoms with van der Waals surface area (Å²) in [4.78, 5) is 15.7. The predicted molar refractivity (Wildman–Crippen MR) is 108 cm³/mol. The number of hydrogen-bond donors (Lipinski definition) is 1. The van der Waals surface area contributed by atoms with Crippen LogP contribution in [-0.4, -0.2) is 32.1 Å². The molecule has 0 spiro atoms. The first-order valence-corrected chi connectivity index (χ1v) is 9.82. The molecule has 0 atom stereocenters. The van der Waals surface area contributed by atoms with Crippen molar-refractivity contribution in [3.8, 4) is 11.4 Å². The molecule has 0 unspecified atom stereocenters. The second kappa shape index (κ2) is 8.16. The molecule has 0 aliphatic carbocycles. The van der Waals surface area contributed by atoms with Gasteiger partial charge in [0.1, 0.15) is 6.54 Å². The second-order valence-corrected chi connectivity index (χ2v) is 8.11. The number of aryl methyl sites for hydroxylation is 1. The van der Waals surface area contributed by atoms with Crippen LogP contribution in [-0.2, 0) is 17.9 Å². The van der Waals surface area contributed by atoms with E-state index in [1.165, 1.54) is 11.3 Å². The molecule has 0 radical (unpaired) electrons. The number of rotatable bonds is 6. The van der Waals surface area contributed by atoms with Crippen LogP contribution in [0.3, 0.4) is 0 Å². The summed E-state index contributed by atoms with van der Waals surface area (Å²) in [6, 6.07) is 11.8. The van der Waals surface area contributed by atoms with Crippen LogP contribution >= 0.6 is 35.2 Å². The average Bonchev–Trinajstić information content (AvgIpc) is 3.18. The maximum atomic E-state index is 12.8. The molecule has 1 N–H and O–H groups in total. The molecule has 26 heavy (non-hydrogen) atoms. The molecule has 0 fully saturated rings. The zero-order valence-corrected chi connectivity index (χ0v) is 16.9. The highest BCUT2D eigenvalue weighted by Gasteiger charge is 2.17. The SMILES string of the molecule is CCN(Cc1ccc(Cl)s1)C(=O)Cn1c(-c2cccc(C)c2)n[nH]c1=S. The first kappa shape index (κ1) is 18.8. The van der Waals surface area contributed by atoms with Gasteiger partial charge in [0.15, 0.2) is 10.6 Å². The summed E-state index contributed by atoms with van der Waals surface area (Å²) in [5, 5.41) is 7.11. The number of likely N-dealkylation sites (N-methyl/N-ethyl adjacent to an activating group) is 1. The molecule has 0 aliphatic heterocycles. The van der Waals surface area contributed by atoms with Gasteiger partial charge >= 0.3 is 0 Å². The van der Waals surface area contributed by atoms with Crippen molar-refractivity contribution >= 4 is 41.1 Å². The fourth-order valence-corrected chi connectivity index (χ4v) is 4.01. The number of nitrogens with zero attached hydrogens (tertiary/aromatic N) is 3. The molecule has 3 aromatic rings. The second-order valence-electron chi connectivity index (χ2n) is 5.92. The smallest absolute Gasteiger partial charge is 0.242 e. The molecule has 2 aromatic heterocycles. The van der Waals surface area contributed by atoms with E-state index in [4.69, 9.17) is 23.8 Å². The van der Waals surface area contributed by atoms with E-state index >= 15 is 0 Å². The first-order valence-electron chi connectivity index (χ1n) is 8.22. The van der Waals surface area contributed by atoms with Gasteiger partial charge in [0, 0.05) is 17.0 Å². The first-order chi connectivity index (χ1) is 12.5. The third-order valence-electron chi connectivity index (χ3n) is 4.04. The Morgan fingerprint density at radius 1 is 1.38 bits per heavy atom. The quantitative estimate of drug-likeness (QED) is 0.604. The third kappa shape index (κ3) is 4.23. The van der Waals surface area contributed by atoms with E-state index in [1.54, 1.807) is 9.47 Å². The van der Waals surface area contributed by atoms with Crippen LogP contribution in [0.1, 0.15) is 17.4 Å². The molecule has 0 bridgehead atoms. The number of aromatic nitrogens is 3. The lowest BCUT2D eigenvalue weighted by Gasteiger charge is -2.20. The molecule has 2 heterocycles. The number of carbonyl (C=O) groups is 1. The maximum absolute atomic E-state index is 12.8. The van der Waals surface area contributed by atoms with Crippen molar-refractivity contribution in [1.29, 1.82) is 0 Å². The van der Waals surface area contributed by atoms with E-state index in [0.717, 1.165) is 20.3 Å². The highest BCUT2D eigenvalue weighted by molar-refractivity contribution is 7.71. The number of hydrogen-bond acceptors (Lipinski definition) is 4. The average molecular weight is 407 g/mol.